The van der Waals surface area contributed by atoms with Crippen molar-refractivity contribution in [3.63, 3.8) is 0 Å². The molecular weight excluding hydrogens is 206 g/mol. The Balaban J connectivity index is 2.13. The average molecular weight is 221 g/mol. The summed E-state index contributed by atoms with van der Waals surface area (Å²) in [6.07, 6.45) is -0.474. The molecule has 1 amide bonds. The molecule has 0 aromatic heterocycles. The average Bonchev–Trinajstić information content (AvgIpc) is 2.56. The molecule has 1 aliphatic carbocycles. The van der Waals surface area contributed by atoms with Gasteiger partial charge in [0.05, 0.1) is 18.8 Å². The zero-order chi connectivity index (χ0) is 11.5. The number of carbonyl (C=O) groups is 1. The highest BCUT2D eigenvalue weighted by atomic mass is 16.5. The van der Waals surface area contributed by atoms with Gasteiger partial charge in [0.1, 0.15) is 0 Å². The minimum atomic E-state index is -0.568. The number of aliphatic hydroxyl groups is 1. The van der Waals surface area contributed by atoms with Gasteiger partial charge in [0, 0.05) is 6.42 Å². The third-order valence-corrected chi connectivity index (χ3v) is 2.75. The van der Waals surface area contributed by atoms with Crippen molar-refractivity contribution in [1.29, 1.82) is 0 Å². The van der Waals surface area contributed by atoms with Crippen LogP contribution in [0.1, 0.15) is 24.1 Å². The van der Waals surface area contributed by atoms with Crippen LogP contribution in [0.25, 0.3) is 0 Å². The smallest absolute Gasteiger partial charge is 0.407 e. The van der Waals surface area contributed by atoms with Crippen LogP contribution in [-0.2, 0) is 11.2 Å². The van der Waals surface area contributed by atoms with Crippen LogP contribution in [0.2, 0.25) is 0 Å². The van der Waals surface area contributed by atoms with Crippen LogP contribution >= 0.6 is 0 Å². The SMILES string of the molecule is CCOC(=O)N[C@H]1c2ccccc2C[C@@H]1O. The molecule has 86 valence electrons. The minimum Gasteiger partial charge on any atom is -0.450 e. The molecule has 0 aliphatic heterocycles. The predicted molar refractivity (Wildman–Crippen MR) is 59.1 cm³/mol. The van der Waals surface area contributed by atoms with Gasteiger partial charge in [-0.3, -0.25) is 0 Å². The molecule has 4 heteroatoms. The first-order valence-electron chi connectivity index (χ1n) is 5.41. The van der Waals surface area contributed by atoms with Crippen molar-refractivity contribution in [3.8, 4) is 0 Å². The molecule has 1 aromatic rings. The van der Waals surface area contributed by atoms with Gasteiger partial charge in [-0.05, 0) is 18.1 Å². The second-order valence-electron chi connectivity index (χ2n) is 3.81. The summed E-state index contributed by atoms with van der Waals surface area (Å²) in [5.74, 6) is 0. The number of benzene rings is 1. The Morgan fingerprint density at radius 2 is 2.31 bits per heavy atom. The molecule has 0 heterocycles. The van der Waals surface area contributed by atoms with Gasteiger partial charge in [0.15, 0.2) is 0 Å². The zero-order valence-corrected chi connectivity index (χ0v) is 9.14. The Labute approximate surface area is 94.2 Å². The van der Waals surface area contributed by atoms with Crippen molar-refractivity contribution < 1.29 is 14.6 Å². The molecule has 0 unspecified atom stereocenters. The number of rotatable bonds is 2. The maximum atomic E-state index is 11.3. The van der Waals surface area contributed by atoms with E-state index in [1.54, 1.807) is 6.92 Å². The first kappa shape index (κ1) is 11.0. The fourth-order valence-electron chi connectivity index (χ4n) is 2.05. The summed E-state index contributed by atoms with van der Waals surface area (Å²) in [5, 5.41) is 12.5. The van der Waals surface area contributed by atoms with E-state index < -0.39 is 12.2 Å². The zero-order valence-electron chi connectivity index (χ0n) is 9.14. The van der Waals surface area contributed by atoms with E-state index in [9.17, 15) is 9.90 Å². The maximum absolute atomic E-state index is 11.3. The molecule has 2 N–H and O–H groups in total. The van der Waals surface area contributed by atoms with E-state index in [1.165, 1.54) is 0 Å². The summed E-state index contributed by atoms with van der Waals surface area (Å²) in [7, 11) is 0. The van der Waals surface area contributed by atoms with Crippen LogP contribution in [0.5, 0.6) is 0 Å². The van der Waals surface area contributed by atoms with Gasteiger partial charge >= 0.3 is 6.09 Å². The summed E-state index contributed by atoms with van der Waals surface area (Å²) in [5.41, 5.74) is 2.06. The highest BCUT2D eigenvalue weighted by Gasteiger charge is 2.32. The third kappa shape index (κ3) is 2.02. The molecule has 1 aliphatic rings. The number of fused-ring (bicyclic) bond motifs is 1. The lowest BCUT2D eigenvalue weighted by Crippen LogP contribution is -2.34. The number of alkyl carbamates (subject to hydrolysis) is 1. The van der Waals surface area contributed by atoms with Crippen molar-refractivity contribution in [2.24, 2.45) is 0 Å². The largest absolute Gasteiger partial charge is 0.450 e. The van der Waals surface area contributed by atoms with Crippen molar-refractivity contribution in [2.75, 3.05) is 6.61 Å². The van der Waals surface area contributed by atoms with Crippen molar-refractivity contribution in [2.45, 2.75) is 25.5 Å². The van der Waals surface area contributed by atoms with Crippen LogP contribution in [0.3, 0.4) is 0 Å². The van der Waals surface area contributed by atoms with Crippen LogP contribution < -0.4 is 5.32 Å². The molecule has 0 saturated carbocycles. The molecule has 0 bridgehead atoms. The van der Waals surface area contributed by atoms with E-state index >= 15 is 0 Å². The molecule has 0 saturated heterocycles. The number of amides is 1. The Morgan fingerprint density at radius 3 is 3.06 bits per heavy atom. The third-order valence-electron chi connectivity index (χ3n) is 2.75. The molecule has 0 spiro atoms. The van der Waals surface area contributed by atoms with E-state index in [0.29, 0.717) is 13.0 Å². The van der Waals surface area contributed by atoms with Crippen LogP contribution in [-0.4, -0.2) is 23.9 Å². The van der Waals surface area contributed by atoms with Crippen molar-refractivity contribution in [1.82, 2.24) is 5.32 Å². The van der Waals surface area contributed by atoms with Crippen LogP contribution in [0, 0.1) is 0 Å². The van der Waals surface area contributed by atoms with E-state index in [-0.39, 0.29) is 6.04 Å². The molecule has 16 heavy (non-hydrogen) atoms. The van der Waals surface area contributed by atoms with Crippen molar-refractivity contribution in [3.05, 3.63) is 35.4 Å². The Morgan fingerprint density at radius 1 is 1.56 bits per heavy atom. The van der Waals surface area contributed by atoms with Crippen molar-refractivity contribution >= 4 is 6.09 Å². The lowest BCUT2D eigenvalue weighted by Gasteiger charge is -2.17. The molecular formula is C12H15NO3. The first-order chi connectivity index (χ1) is 7.72. The highest BCUT2D eigenvalue weighted by Crippen LogP contribution is 2.31. The lowest BCUT2D eigenvalue weighted by atomic mass is 10.1. The van der Waals surface area contributed by atoms with Gasteiger partial charge < -0.3 is 15.2 Å². The number of nitrogens with one attached hydrogen (secondary N) is 1. The van der Waals surface area contributed by atoms with Gasteiger partial charge in [-0.2, -0.15) is 0 Å². The Kier molecular flexibility index (Phi) is 3.10. The number of ether oxygens (including phenoxy) is 1. The van der Waals surface area contributed by atoms with Gasteiger partial charge in [0.25, 0.3) is 0 Å². The number of aliphatic hydroxyl groups excluding tert-OH is 1. The highest BCUT2D eigenvalue weighted by molar-refractivity contribution is 5.68. The Hall–Kier alpha value is -1.55. The fraction of sp³-hybridized carbons (Fsp3) is 0.417. The summed E-state index contributed by atoms with van der Waals surface area (Å²) in [6, 6.07) is 7.36. The normalized spacial score (nSPS) is 22.6. The molecule has 1 aromatic carbocycles. The molecule has 4 nitrogen and oxygen atoms in total. The predicted octanol–water partition coefficient (Wildman–Crippen LogP) is 1.39. The fourth-order valence-corrected chi connectivity index (χ4v) is 2.05. The van der Waals surface area contributed by atoms with Gasteiger partial charge in [-0.1, -0.05) is 24.3 Å². The second kappa shape index (κ2) is 4.53. The van der Waals surface area contributed by atoms with E-state index in [2.05, 4.69) is 5.32 Å². The lowest BCUT2D eigenvalue weighted by molar-refractivity contribution is 0.115. The summed E-state index contributed by atoms with van der Waals surface area (Å²) in [6.45, 7) is 2.08. The summed E-state index contributed by atoms with van der Waals surface area (Å²) >= 11 is 0. The monoisotopic (exact) mass is 221 g/mol. The minimum absolute atomic E-state index is 0.330. The van der Waals surface area contributed by atoms with Crippen LogP contribution in [0.15, 0.2) is 24.3 Å². The standard InChI is InChI=1S/C12H15NO3/c1-2-16-12(15)13-11-9-6-4-3-5-8(9)7-10(11)14/h3-6,10-11,14H,2,7H2,1H3,(H,13,15)/t10-,11-/m0/s1. The molecule has 2 rings (SSSR count). The van der Waals surface area contributed by atoms with Gasteiger partial charge in [0.2, 0.25) is 0 Å². The number of carbonyl (C=O) groups excluding carboxylic acids is 1. The van der Waals surface area contributed by atoms with E-state index in [0.717, 1.165) is 11.1 Å². The molecule has 0 radical (unpaired) electrons. The van der Waals surface area contributed by atoms with Crippen LogP contribution in [0.4, 0.5) is 4.79 Å². The topological polar surface area (TPSA) is 58.6 Å². The molecule has 0 fully saturated rings. The maximum Gasteiger partial charge on any atom is 0.407 e. The second-order valence-corrected chi connectivity index (χ2v) is 3.81. The van der Waals surface area contributed by atoms with E-state index in [4.69, 9.17) is 4.74 Å². The number of hydrogen-bond acceptors (Lipinski definition) is 3. The number of hydrogen-bond donors (Lipinski definition) is 2. The summed E-state index contributed by atoms with van der Waals surface area (Å²) in [4.78, 5) is 11.3. The van der Waals surface area contributed by atoms with E-state index in [1.807, 2.05) is 24.3 Å². The van der Waals surface area contributed by atoms with Gasteiger partial charge in [-0.25, -0.2) is 4.79 Å². The first-order valence-corrected chi connectivity index (χ1v) is 5.41. The Bertz CT molecular complexity index is 392. The molecule has 2 atom stereocenters. The van der Waals surface area contributed by atoms with Gasteiger partial charge in [-0.15, -0.1) is 0 Å². The quantitative estimate of drug-likeness (QED) is 0.793. The summed E-state index contributed by atoms with van der Waals surface area (Å²) < 4.78 is 4.81.